The summed E-state index contributed by atoms with van der Waals surface area (Å²) in [4.78, 5) is 0.343. The number of hydrogen-bond donors (Lipinski definition) is 1. The second-order valence-electron chi connectivity index (χ2n) is 4.65. The number of alkyl halides is 1. The van der Waals surface area contributed by atoms with Gasteiger partial charge in [0.2, 0.25) is 10.0 Å². The summed E-state index contributed by atoms with van der Waals surface area (Å²) in [5, 5.41) is -0.0671. The van der Waals surface area contributed by atoms with Crippen molar-refractivity contribution in [3.05, 3.63) is 29.8 Å². The fourth-order valence-electron chi connectivity index (χ4n) is 1.96. The minimum absolute atomic E-state index is 0.000989. The summed E-state index contributed by atoms with van der Waals surface area (Å²) in [6, 6.07) is 7.08. The van der Waals surface area contributed by atoms with E-state index in [-0.39, 0.29) is 11.3 Å². The Kier molecular flexibility index (Phi) is 6.30. The van der Waals surface area contributed by atoms with Crippen molar-refractivity contribution >= 4 is 21.6 Å². The summed E-state index contributed by atoms with van der Waals surface area (Å²) in [5.74, 6) is 0.000989. The highest BCUT2D eigenvalue weighted by Gasteiger charge is 2.23. The van der Waals surface area contributed by atoms with Gasteiger partial charge in [-0.15, -0.1) is 11.6 Å². The summed E-state index contributed by atoms with van der Waals surface area (Å²) in [7, 11) is -3.45. The van der Waals surface area contributed by atoms with Crippen LogP contribution in [0.1, 0.15) is 45.1 Å². The largest absolute Gasteiger partial charge is 0.240 e. The van der Waals surface area contributed by atoms with Crippen LogP contribution in [0.2, 0.25) is 0 Å². The average Bonchev–Trinajstić information content (AvgIpc) is 2.43. The molecule has 2 atom stereocenters. The first-order valence-corrected chi connectivity index (χ1v) is 8.58. The second-order valence-corrected chi connectivity index (χ2v) is 6.94. The van der Waals surface area contributed by atoms with Gasteiger partial charge in [-0.3, -0.25) is 0 Å². The number of benzene rings is 1. The van der Waals surface area contributed by atoms with Crippen LogP contribution in [0.25, 0.3) is 0 Å². The van der Waals surface area contributed by atoms with Gasteiger partial charge in [0.15, 0.2) is 0 Å². The molecular weight excluding hydrogens is 282 g/mol. The zero-order chi connectivity index (χ0) is 14.5. The van der Waals surface area contributed by atoms with Crippen molar-refractivity contribution in [2.75, 3.05) is 6.54 Å². The number of halogens is 1. The number of sulfonamides is 1. The third-order valence-electron chi connectivity index (χ3n) is 3.17. The number of rotatable bonds is 7. The van der Waals surface area contributed by atoms with Crippen molar-refractivity contribution in [2.24, 2.45) is 0 Å². The van der Waals surface area contributed by atoms with Crippen molar-refractivity contribution in [2.45, 2.75) is 49.8 Å². The molecular formula is C14H22ClNO2S. The molecule has 1 rings (SSSR count). The molecule has 0 aromatic heterocycles. The Morgan fingerprint density at radius 2 is 1.89 bits per heavy atom. The molecule has 19 heavy (non-hydrogen) atoms. The summed E-state index contributed by atoms with van der Waals surface area (Å²) in [5.41, 5.74) is 0.785. The van der Waals surface area contributed by atoms with Gasteiger partial charge < -0.3 is 0 Å². The lowest BCUT2D eigenvalue weighted by atomic mass is 9.96. The minimum Gasteiger partial charge on any atom is -0.211 e. The Bertz CT molecular complexity index is 502. The zero-order valence-electron chi connectivity index (χ0n) is 11.7. The van der Waals surface area contributed by atoms with Crippen LogP contribution < -0.4 is 4.72 Å². The second kappa shape index (κ2) is 7.27. The quantitative estimate of drug-likeness (QED) is 0.784. The monoisotopic (exact) mass is 303 g/mol. The molecule has 108 valence electrons. The summed E-state index contributed by atoms with van der Waals surface area (Å²) < 4.78 is 27.2. The van der Waals surface area contributed by atoms with Gasteiger partial charge in [-0.25, -0.2) is 13.1 Å². The van der Waals surface area contributed by atoms with E-state index in [0.717, 1.165) is 18.4 Å². The first-order valence-electron chi connectivity index (χ1n) is 6.66. The fraction of sp³-hybridized carbons (Fsp3) is 0.571. The van der Waals surface area contributed by atoms with Gasteiger partial charge in [0.1, 0.15) is 0 Å². The highest BCUT2D eigenvalue weighted by atomic mass is 35.5. The molecule has 1 N–H and O–H groups in total. The van der Waals surface area contributed by atoms with Crippen LogP contribution in [0, 0.1) is 0 Å². The zero-order valence-corrected chi connectivity index (χ0v) is 13.3. The van der Waals surface area contributed by atoms with Gasteiger partial charge in [-0.1, -0.05) is 39.0 Å². The summed E-state index contributed by atoms with van der Waals surface area (Å²) in [6.07, 6.45) is 1.57. The van der Waals surface area contributed by atoms with E-state index in [4.69, 9.17) is 11.6 Å². The van der Waals surface area contributed by atoms with Crippen molar-refractivity contribution < 1.29 is 8.42 Å². The summed E-state index contributed by atoms with van der Waals surface area (Å²) in [6.45, 7) is 6.35. The molecule has 1 aromatic rings. The van der Waals surface area contributed by atoms with E-state index in [0.29, 0.717) is 11.4 Å². The van der Waals surface area contributed by atoms with Crippen LogP contribution in [-0.2, 0) is 10.0 Å². The summed E-state index contributed by atoms with van der Waals surface area (Å²) >= 11 is 6.26. The van der Waals surface area contributed by atoms with E-state index in [2.05, 4.69) is 4.72 Å². The van der Waals surface area contributed by atoms with Crippen LogP contribution in [0.15, 0.2) is 29.2 Å². The molecule has 0 saturated heterocycles. The molecule has 3 nitrogen and oxygen atoms in total. The fourth-order valence-corrected chi connectivity index (χ4v) is 3.55. The van der Waals surface area contributed by atoms with Crippen molar-refractivity contribution in [3.8, 4) is 0 Å². The lowest BCUT2D eigenvalue weighted by Crippen LogP contribution is -2.26. The van der Waals surface area contributed by atoms with E-state index in [9.17, 15) is 8.42 Å². The van der Waals surface area contributed by atoms with Gasteiger partial charge in [-0.2, -0.15) is 0 Å². The lowest BCUT2D eigenvalue weighted by molar-refractivity contribution is 0.576. The van der Waals surface area contributed by atoms with E-state index in [1.54, 1.807) is 12.1 Å². The molecule has 0 aliphatic carbocycles. The third kappa shape index (κ3) is 4.20. The van der Waals surface area contributed by atoms with E-state index >= 15 is 0 Å². The van der Waals surface area contributed by atoms with Crippen LogP contribution >= 0.6 is 11.6 Å². The first-order chi connectivity index (χ1) is 8.94. The molecule has 0 spiro atoms. The Balaban J connectivity index is 3.15. The number of nitrogens with one attached hydrogen (secondary N) is 1. The molecule has 0 bridgehead atoms. The Morgan fingerprint density at radius 3 is 2.47 bits per heavy atom. The molecule has 0 radical (unpaired) electrons. The van der Waals surface area contributed by atoms with Gasteiger partial charge in [0.25, 0.3) is 0 Å². The SMILES string of the molecule is CCCNS(=O)(=O)c1ccccc1C(C)C(Cl)CC. The lowest BCUT2D eigenvalue weighted by Gasteiger charge is -2.20. The van der Waals surface area contributed by atoms with E-state index in [1.807, 2.05) is 32.9 Å². The average molecular weight is 304 g/mol. The molecule has 0 fully saturated rings. The smallest absolute Gasteiger partial charge is 0.211 e. The third-order valence-corrected chi connectivity index (χ3v) is 5.40. The van der Waals surface area contributed by atoms with Gasteiger partial charge in [-0.05, 0) is 30.4 Å². The predicted molar refractivity (Wildman–Crippen MR) is 80.3 cm³/mol. The maximum atomic E-state index is 12.3. The molecule has 0 saturated carbocycles. The maximum Gasteiger partial charge on any atom is 0.240 e. The van der Waals surface area contributed by atoms with Crippen LogP contribution in [0.5, 0.6) is 0 Å². The van der Waals surface area contributed by atoms with Gasteiger partial charge in [0.05, 0.1) is 4.90 Å². The molecule has 2 unspecified atom stereocenters. The van der Waals surface area contributed by atoms with Crippen molar-refractivity contribution in [3.63, 3.8) is 0 Å². The van der Waals surface area contributed by atoms with Crippen LogP contribution in [-0.4, -0.2) is 20.3 Å². The highest BCUT2D eigenvalue weighted by Crippen LogP contribution is 2.30. The topological polar surface area (TPSA) is 46.2 Å². The maximum absolute atomic E-state index is 12.3. The van der Waals surface area contributed by atoms with Crippen molar-refractivity contribution in [1.29, 1.82) is 0 Å². The van der Waals surface area contributed by atoms with Crippen LogP contribution in [0.4, 0.5) is 0 Å². The Hall–Kier alpha value is -0.580. The van der Waals surface area contributed by atoms with E-state index < -0.39 is 10.0 Å². The standard InChI is InChI=1S/C14H22ClNO2S/c1-4-10-16-19(17,18)14-9-7-6-8-12(14)11(3)13(15)5-2/h6-9,11,13,16H,4-5,10H2,1-3H3. The highest BCUT2D eigenvalue weighted by molar-refractivity contribution is 7.89. The molecule has 0 aliphatic heterocycles. The normalized spacial score (nSPS) is 15.2. The molecule has 0 heterocycles. The minimum atomic E-state index is -3.45. The van der Waals surface area contributed by atoms with Gasteiger partial charge >= 0.3 is 0 Å². The van der Waals surface area contributed by atoms with E-state index in [1.165, 1.54) is 0 Å². The molecule has 1 aromatic carbocycles. The molecule has 0 amide bonds. The first kappa shape index (κ1) is 16.5. The molecule has 0 aliphatic rings. The molecule has 5 heteroatoms. The predicted octanol–water partition coefficient (Wildman–Crippen LogP) is 3.50. The van der Waals surface area contributed by atoms with Crippen LogP contribution in [0.3, 0.4) is 0 Å². The number of hydrogen-bond acceptors (Lipinski definition) is 2. The van der Waals surface area contributed by atoms with Crippen molar-refractivity contribution in [1.82, 2.24) is 4.72 Å². The Morgan fingerprint density at radius 1 is 1.26 bits per heavy atom. The Labute approximate surface area is 121 Å². The van der Waals surface area contributed by atoms with Gasteiger partial charge in [0, 0.05) is 11.9 Å².